The molecule has 20 heavy (non-hydrogen) atoms. The van der Waals surface area contributed by atoms with Gasteiger partial charge in [-0.3, -0.25) is 4.57 Å². The van der Waals surface area contributed by atoms with Gasteiger partial charge in [-0.25, -0.2) is 4.98 Å². The maximum Gasteiger partial charge on any atom is 0.144 e. The largest absolute Gasteiger partial charge is 0.361 e. The minimum Gasteiger partial charge on any atom is -0.361 e. The number of nitrogens with one attached hydrogen (secondary N) is 1. The fourth-order valence-corrected chi connectivity index (χ4v) is 2.81. The lowest BCUT2D eigenvalue weighted by molar-refractivity contribution is 1.02. The molecule has 0 bridgehead atoms. The molecule has 4 rings (SSSR count). The molecule has 0 atom stereocenters. The molecule has 0 radical (unpaired) electrons. The van der Waals surface area contributed by atoms with Crippen molar-refractivity contribution in [1.29, 1.82) is 0 Å². The van der Waals surface area contributed by atoms with E-state index >= 15 is 0 Å². The van der Waals surface area contributed by atoms with Gasteiger partial charge >= 0.3 is 0 Å². The van der Waals surface area contributed by atoms with Crippen LogP contribution in [0.15, 0.2) is 48.7 Å². The van der Waals surface area contributed by atoms with Gasteiger partial charge in [0.15, 0.2) is 0 Å². The Hall–Kier alpha value is -2.55. The molecular weight excluding hydrogens is 246 g/mol. The highest BCUT2D eigenvalue weighted by atomic mass is 15.0. The summed E-state index contributed by atoms with van der Waals surface area (Å²) >= 11 is 0. The number of aryl methyl sites for hydroxylation is 2. The number of nitrogens with zero attached hydrogens (tertiary/aromatic N) is 2. The summed E-state index contributed by atoms with van der Waals surface area (Å²) in [6, 6.07) is 14.9. The minimum atomic E-state index is 1.03. The number of hydrogen-bond acceptors (Lipinski definition) is 1. The predicted octanol–water partition coefficient (Wildman–Crippen LogP) is 4.12. The Morgan fingerprint density at radius 1 is 0.950 bits per heavy atom. The summed E-state index contributed by atoms with van der Waals surface area (Å²) in [6.45, 7) is 4.15. The summed E-state index contributed by atoms with van der Waals surface area (Å²) in [4.78, 5) is 7.92. The third kappa shape index (κ3) is 1.56. The van der Waals surface area contributed by atoms with Gasteiger partial charge in [0.1, 0.15) is 5.65 Å². The topological polar surface area (TPSA) is 33.6 Å². The number of hydrogen-bond donors (Lipinski definition) is 1. The van der Waals surface area contributed by atoms with Crippen molar-refractivity contribution in [3.05, 3.63) is 60.0 Å². The lowest BCUT2D eigenvalue weighted by Crippen LogP contribution is -1.98. The molecule has 0 saturated carbocycles. The Morgan fingerprint density at radius 3 is 2.75 bits per heavy atom. The standard InChI is InChI=1S/C17H15N3/c1-11-3-4-14-9-12(2)20(17(14)19-11)15-5-6-16-13(10-15)7-8-18-16/h3-10,18H,1-2H3. The highest BCUT2D eigenvalue weighted by molar-refractivity contribution is 5.84. The molecule has 0 unspecified atom stereocenters. The van der Waals surface area contributed by atoms with Crippen molar-refractivity contribution in [2.75, 3.05) is 0 Å². The van der Waals surface area contributed by atoms with Crippen LogP contribution in [0.1, 0.15) is 11.4 Å². The Bertz CT molecular complexity index is 928. The van der Waals surface area contributed by atoms with Crippen molar-refractivity contribution in [3.63, 3.8) is 0 Å². The van der Waals surface area contributed by atoms with Crippen LogP contribution < -0.4 is 0 Å². The fraction of sp³-hybridized carbons (Fsp3) is 0.118. The summed E-state index contributed by atoms with van der Waals surface area (Å²) in [7, 11) is 0. The van der Waals surface area contributed by atoms with Gasteiger partial charge < -0.3 is 4.98 Å². The van der Waals surface area contributed by atoms with Crippen molar-refractivity contribution >= 4 is 21.9 Å². The number of benzene rings is 1. The van der Waals surface area contributed by atoms with Crippen LogP contribution in [-0.4, -0.2) is 14.5 Å². The zero-order valence-corrected chi connectivity index (χ0v) is 11.5. The van der Waals surface area contributed by atoms with E-state index in [1.807, 2.05) is 13.1 Å². The fourth-order valence-electron chi connectivity index (χ4n) is 2.81. The van der Waals surface area contributed by atoms with E-state index < -0.39 is 0 Å². The number of aromatic amines is 1. The summed E-state index contributed by atoms with van der Waals surface area (Å²) in [5, 5.41) is 2.40. The summed E-state index contributed by atoms with van der Waals surface area (Å²) in [5.41, 5.74) is 5.58. The molecule has 0 fully saturated rings. The van der Waals surface area contributed by atoms with E-state index in [1.165, 1.54) is 16.5 Å². The van der Waals surface area contributed by atoms with Crippen LogP contribution in [0.4, 0.5) is 0 Å². The smallest absolute Gasteiger partial charge is 0.144 e. The first-order chi connectivity index (χ1) is 9.72. The molecule has 1 aromatic carbocycles. The van der Waals surface area contributed by atoms with E-state index in [0.29, 0.717) is 0 Å². The highest BCUT2D eigenvalue weighted by Crippen LogP contribution is 2.25. The normalized spacial score (nSPS) is 11.5. The number of rotatable bonds is 1. The maximum atomic E-state index is 4.70. The molecule has 0 saturated heterocycles. The first kappa shape index (κ1) is 11.3. The van der Waals surface area contributed by atoms with Crippen LogP contribution in [0.2, 0.25) is 0 Å². The number of fused-ring (bicyclic) bond motifs is 2. The molecule has 3 heterocycles. The molecular formula is C17H15N3. The Kier molecular flexibility index (Phi) is 2.24. The van der Waals surface area contributed by atoms with Gasteiger partial charge in [0.05, 0.1) is 0 Å². The molecule has 98 valence electrons. The van der Waals surface area contributed by atoms with E-state index in [4.69, 9.17) is 4.98 Å². The van der Waals surface area contributed by atoms with E-state index in [0.717, 1.165) is 22.5 Å². The molecule has 4 aromatic rings. The molecule has 0 aliphatic carbocycles. The number of pyridine rings is 1. The van der Waals surface area contributed by atoms with Gasteiger partial charge in [-0.05, 0) is 56.3 Å². The van der Waals surface area contributed by atoms with Gasteiger partial charge in [-0.1, -0.05) is 0 Å². The third-order valence-electron chi connectivity index (χ3n) is 3.77. The summed E-state index contributed by atoms with van der Waals surface area (Å²) < 4.78 is 2.22. The first-order valence-corrected chi connectivity index (χ1v) is 6.75. The maximum absolute atomic E-state index is 4.70. The third-order valence-corrected chi connectivity index (χ3v) is 3.77. The first-order valence-electron chi connectivity index (χ1n) is 6.75. The number of H-pyrrole nitrogens is 1. The average molecular weight is 261 g/mol. The molecule has 0 aliphatic heterocycles. The molecule has 0 spiro atoms. The van der Waals surface area contributed by atoms with Crippen molar-refractivity contribution < 1.29 is 0 Å². The van der Waals surface area contributed by atoms with Crippen molar-refractivity contribution in [2.45, 2.75) is 13.8 Å². The van der Waals surface area contributed by atoms with Gasteiger partial charge in [-0.15, -0.1) is 0 Å². The van der Waals surface area contributed by atoms with Crippen LogP contribution in [0, 0.1) is 13.8 Å². The monoisotopic (exact) mass is 261 g/mol. The Balaban J connectivity index is 2.05. The number of aromatic nitrogens is 3. The van der Waals surface area contributed by atoms with E-state index in [9.17, 15) is 0 Å². The van der Waals surface area contributed by atoms with Gasteiger partial charge in [-0.2, -0.15) is 0 Å². The molecule has 0 aliphatic rings. The van der Waals surface area contributed by atoms with Crippen LogP contribution >= 0.6 is 0 Å². The van der Waals surface area contributed by atoms with Crippen LogP contribution in [-0.2, 0) is 0 Å². The summed E-state index contributed by atoms with van der Waals surface area (Å²) in [6.07, 6.45) is 1.97. The molecule has 3 heteroatoms. The average Bonchev–Trinajstić information content (AvgIpc) is 3.00. The van der Waals surface area contributed by atoms with Crippen LogP contribution in [0.5, 0.6) is 0 Å². The Morgan fingerprint density at radius 2 is 1.85 bits per heavy atom. The van der Waals surface area contributed by atoms with E-state index in [2.05, 4.69) is 58.9 Å². The van der Waals surface area contributed by atoms with Crippen molar-refractivity contribution in [1.82, 2.24) is 14.5 Å². The molecule has 3 nitrogen and oxygen atoms in total. The van der Waals surface area contributed by atoms with Crippen LogP contribution in [0.25, 0.3) is 27.6 Å². The van der Waals surface area contributed by atoms with Crippen LogP contribution in [0.3, 0.4) is 0 Å². The zero-order chi connectivity index (χ0) is 13.7. The van der Waals surface area contributed by atoms with E-state index in [1.54, 1.807) is 0 Å². The van der Waals surface area contributed by atoms with Gasteiger partial charge in [0.25, 0.3) is 0 Å². The summed E-state index contributed by atoms with van der Waals surface area (Å²) in [5.74, 6) is 0. The SMILES string of the molecule is Cc1ccc2cc(C)n(-c3ccc4[nH]ccc4c3)c2n1. The zero-order valence-electron chi connectivity index (χ0n) is 11.5. The van der Waals surface area contributed by atoms with Gasteiger partial charge in [0, 0.05) is 39.6 Å². The highest BCUT2D eigenvalue weighted by Gasteiger charge is 2.09. The second-order valence-electron chi connectivity index (χ2n) is 5.24. The second-order valence-corrected chi connectivity index (χ2v) is 5.24. The lowest BCUT2D eigenvalue weighted by atomic mass is 10.2. The van der Waals surface area contributed by atoms with Crippen molar-refractivity contribution in [2.24, 2.45) is 0 Å². The van der Waals surface area contributed by atoms with E-state index in [-0.39, 0.29) is 0 Å². The predicted molar refractivity (Wildman–Crippen MR) is 82.4 cm³/mol. The minimum absolute atomic E-state index is 1.03. The quantitative estimate of drug-likeness (QED) is 0.549. The van der Waals surface area contributed by atoms with Crippen molar-refractivity contribution in [3.8, 4) is 5.69 Å². The Labute approximate surface area is 116 Å². The molecule has 0 amide bonds. The van der Waals surface area contributed by atoms with Gasteiger partial charge in [0.2, 0.25) is 0 Å². The molecule has 3 aromatic heterocycles. The molecule has 1 N–H and O–H groups in total. The second kappa shape index (κ2) is 3.97. The lowest BCUT2D eigenvalue weighted by Gasteiger charge is -2.08.